The van der Waals surface area contributed by atoms with Gasteiger partial charge in [-0.3, -0.25) is 14.3 Å². The van der Waals surface area contributed by atoms with Crippen LogP contribution in [0.4, 0.5) is 0 Å². The minimum atomic E-state index is -0.858. The van der Waals surface area contributed by atoms with Crippen molar-refractivity contribution in [1.82, 2.24) is 25.0 Å². The molecule has 1 aliphatic heterocycles. The van der Waals surface area contributed by atoms with Crippen molar-refractivity contribution in [2.45, 2.75) is 84.5 Å². The van der Waals surface area contributed by atoms with Crippen LogP contribution < -0.4 is 5.32 Å². The van der Waals surface area contributed by atoms with Crippen LogP contribution >= 0.6 is 11.3 Å². The van der Waals surface area contributed by atoms with E-state index < -0.39 is 17.2 Å². The van der Waals surface area contributed by atoms with E-state index in [9.17, 15) is 9.59 Å². The van der Waals surface area contributed by atoms with Gasteiger partial charge in [-0.15, -0.1) is 23.7 Å². The maximum absolute atomic E-state index is 13.9. The van der Waals surface area contributed by atoms with Crippen molar-refractivity contribution >= 4 is 23.2 Å². The Hall–Kier alpha value is -3.06. The number of aryl methyl sites for hydroxylation is 4. The number of carbonyl (C=O) groups is 2. The fraction of sp³-hybridized carbons (Fsp3) is 0.600. The van der Waals surface area contributed by atoms with Gasteiger partial charge in [-0.25, -0.2) is 4.98 Å². The Labute approximate surface area is 211 Å². The quantitative estimate of drug-likeness (QED) is 0.499. The Kier molecular flexibility index (Phi) is 7.80. The predicted octanol–water partition coefficient (Wildman–Crippen LogP) is 4.12. The molecule has 2 aromatic heterocycles. The summed E-state index contributed by atoms with van der Waals surface area (Å²) in [5.74, 6) is 2.06. The van der Waals surface area contributed by atoms with Gasteiger partial charge in [0, 0.05) is 44.1 Å². The summed E-state index contributed by atoms with van der Waals surface area (Å²) in [7, 11) is 1.82. The highest BCUT2D eigenvalue weighted by Gasteiger charge is 2.43. The highest BCUT2D eigenvalue weighted by molar-refractivity contribution is 7.11. The molecule has 0 aromatic carbocycles. The smallest absolute Gasteiger partial charge is 0.275 e. The second-order valence-electron chi connectivity index (χ2n) is 9.96. The van der Waals surface area contributed by atoms with Gasteiger partial charge >= 0.3 is 0 Å². The minimum Gasteiger partial charge on any atom is -0.349 e. The average molecular weight is 498 g/mol. The second kappa shape index (κ2) is 10.3. The molecular weight excluding hydrogens is 462 g/mol. The summed E-state index contributed by atoms with van der Waals surface area (Å²) in [5, 5.41) is 16.8. The van der Waals surface area contributed by atoms with Gasteiger partial charge in [-0.05, 0) is 47.1 Å². The van der Waals surface area contributed by atoms with Crippen molar-refractivity contribution in [2.24, 2.45) is 17.3 Å². The summed E-state index contributed by atoms with van der Waals surface area (Å²) in [5.41, 5.74) is 0.906. The van der Waals surface area contributed by atoms with E-state index in [1.165, 1.54) is 11.3 Å². The number of nitrogens with zero attached hydrogens (tertiary/aromatic N) is 6. The van der Waals surface area contributed by atoms with Crippen molar-refractivity contribution in [1.29, 1.82) is 0 Å². The molecule has 2 aromatic rings. The third-order valence-corrected chi connectivity index (χ3v) is 7.00. The van der Waals surface area contributed by atoms with E-state index in [0.29, 0.717) is 25.0 Å². The SMILES string of the molecule is C#CCCC1(CCN(C(=O)c2cc(CC)n(C)n2)C(C(=O)NC(C)(C)C)c2sc(C)nc2C)N=N1. The number of hydrogen-bond donors (Lipinski definition) is 1. The molecule has 0 fully saturated rings. The maximum Gasteiger partial charge on any atom is 0.275 e. The van der Waals surface area contributed by atoms with Crippen LogP contribution in [0.15, 0.2) is 16.3 Å². The Bertz CT molecular complexity index is 1160. The fourth-order valence-corrected chi connectivity index (χ4v) is 5.08. The van der Waals surface area contributed by atoms with E-state index in [4.69, 9.17) is 6.42 Å². The maximum atomic E-state index is 13.9. The zero-order valence-electron chi connectivity index (χ0n) is 21.7. The first kappa shape index (κ1) is 26.5. The summed E-state index contributed by atoms with van der Waals surface area (Å²) in [6.45, 7) is 11.8. The van der Waals surface area contributed by atoms with Crippen LogP contribution in [0.2, 0.25) is 0 Å². The molecule has 0 bridgehead atoms. The molecule has 1 N–H and O–H groups in total. The molecule has 3 rings (SSSR count). The molecule has 1 atom stereocenters. The van der Waals surface area contributed by atoms with Gasteiger partial charge in [0.25, 0.3) is 5.91 Å². The molecule has 0 radical (unpaired) electrons. The number of terminal acetylenes is 1. The third-order valence-electron chi connectivity index (χ3n) is 5.87. The van der Waals surface area contributed by atoms with Gasteiger partial charge < -0.3 is 10.2 Å². The molecule has 3 heterocycles. The predicted molar refractivity (Wildman–Crippen MR) is 136 cm³/mol. The topological polar surface area (TPSA) is 105 Å². The van der Waals surface area contributed by atoms with E-state index in [1.54, 1.807) is 15.6 Å². The van der Waals surface area contributed by atoms with Crippen LogP contribution in [-0.2, 0) is 18.3 Å². The molecule has 0 spiro atoms. The molecule has 1 aliphatic rings. The summed E-state index contributed by atoms with van der Waals surface area (Å²) >= 11 is 1.43. The fourth-order valence-electron chi connectivity index (χ4n) is 4.04. The van der Waals surface area contributed by atoms with E-state index >= 15 is 0 Å². The number of aromatic nitrogens is 3. The second-order valence-corrected chi connectivity index (χ2v) is 11.2. The third kappa shape index (κ3) is 6.34. The zero-order chi connectivity index (χ0) is 26.0. The van der Waals surface area contributed by atoms with Crippen LogP contribution in [0.5, 0.6) is 0 Å². The van der Waals surface area contributed by atoms with Gasteiger partial charge in [0.15, 0.2) is 11.4 Å². The Balaban J connectivity index is 2.04. The van der Waals surface area contributed by atoms with Crippen molar-refractivity contribution in [2.75, 3.05) is 6.54 Å². The summed E-state index contributed by atoms with van der Waals surface area (Å²) in [4.78, 5) is 34.5. The van der Waals surface area contributed by atoms with E-state index in [0.717, 1.165) is 27.7 Å². The first-order chi connectivity index (χ1) is 16.4. The zero-order valence-corrected chi connectivity index (χ0v) is 22.5. The summed E-state index contributed by atoms with van der Waals surface area (Å²) in [6, 6.07) is 0.933. The Morgan fingerprint density at radius 2 is 1.97 bits per heavy atom. The minimum absolute atomic E-state index is 0.258. The van der Waals surface area contributed by atoms with Crippen LogP contribution in [0.1, 0.15) is 84.8 Å². The Morgan fingerprint density at radius 1 is 1.29 bits per heavy atom. The average Bonchev–Trinajstić information content (AvgIpc) is 3.32. The number of rotatable bonds is 10. The lowest BCUT2D eigenvalue weighted by atomic mass is 10.0. The van der Waals surface area contributed by atoms with E-state index in [1.807, 2.05) is 48.6 Å². The number of carbonyl (C=O) groups excluding carboxylic acids is 2. The lowest BCUT2D eigenvalue weighted by Crippen LogP contribution is -2.50. The van der Waals surface area contributed by atoms with Crippen LogP contribution in [0.25, 0.3) is 0 Å². The first-order valence-corrected chi connectivity index (χ1v) is 12.7. The standard InChI is InChI=1S/C25H35N7O2S/c1-9-11-12-25(29-30-25)13-14-32(23(34)19-15-18(10-2)31(8)28-19)20(22(33)27-24(5,6)7)21-16(3)26-17(4)35-21/h1,15,20H,10-14H2,2-8H3,(H,27,33). The van der Waals surface area contributed by atoms with Gasteiger partial charge in [0.05, 0.1) is 15.6 Å². The van der Waals surface area contributed by atoms with Crippen molar-refractivity contribution in [3.8, 4) is 12.3 Å². The summed E-state index contributed by atoms with van der Waals surface area (Å²) < 4.78 is 1.71. The molecule has 0 saturated carbocycles. The van der Waals surface area contributed by atoms with Crippen LogP contribution in [0, 0.1) is 26.2 Å². The molecule has 35 heavy (non-hydrogen) atoms. The van der Waals surface area contributed by atoms with E-state index in [-0.39, 0.29) is 18.4 Å². The molecular formula is C25H35N7O2S. The highest BCUT2D eigenvalue weighted by Crippen LogP contribution is 2.38. The summed E-state index contributed by atoms with van der Waals surface area (Å²) in [6.07, 6.45) is 7.83. The van der Waals surface area contributed by atoms with Crippen LogP contribution in [0.3, 0.4) is 0 Å². The number of thiazole rings is 1. The number of hydrogen-bond acceptors (Lipinski definition) is 7. The van der Waals surface area contributed by atoms with Gasteiger partial charge in [-0.1, -0.05) is 6.92 Å². The number of nitrogens with one attached hydrogen (secondary N) is 1. The Morgan fingerprint density at radius 3 is 2.46 bits per heavy atom. The largest absolute Gasteiger partial charge is 0.349 e. The molecule has 10 heteroatoms. The van der Waals surface area contributed by atoms with Crippen LogP contribution in [-0.4, -0.2) is 49.2 Å². The molecule has 9 nitrogen and oxygen atoms in total. The molecule has 188 valence electrons. The first-order valence-electron chi connectivity index (χ1n) is 11.9. The molecule has 0 aliphatic carbocycles. The van der Waals surface area contributed by atoms with Gasteiger partial charge in [0.2, 0.25) is 5.91 Å². The van der Waals surface area contributed by atoms with E-state index in [2.05, 4.69) is 31.5 Å². The van der Waals surface area contributed by atoms with Crippen molar-refractivity contribution < 1.29 is 9.59 Å². The van der Waals surface area contributed by atoms with Gasteiger partial charge in [-0.2, -0.15) is 15.3 Å². The lowest BCUT2D eigenvalue weighted by Gasteiger charge is -2.33. The lowest BCUT2D eigenvalue weighted by molar-refractivity contribution is -0.127. The van der Waals surface area contributed by atoms with Gasteiger partial charge in [0.1, 0.15) is 6.04 Å². The molecule has 0 saturated heterocycles. The number of amides is 2. The highest BCUT2D eigenvalue weighted by atomic mass is 32.1. The molecule has 2 amide bonds. The molecule has 1 unspecified atom stereocenters. The van der Waals surface area contributed by atoms with Crippen molar-refractivity contribution in [3.63, 3.8) is 0 Å². The normalized spacial score (nSPS) is 14.9. The monoisotopic (exact) mass is 497 g/mol. The van der Waals surface area contributed by atoms with Crippen molar-refractivity contribution in [3.05, 3.63) is 33.0 Å².